The summed E-state index contributed by atoms with van der Waals surface area (Å²) in [6.45, 7) is -0.0461. The molecule has 0 fully saturated rings. The Bertz CT molecular complexity index is 802. The zero-order valence-electron chi connectivity index (χ0n) is 15.5. The molecular formula is C20H22N2O6. The van der Waals surface area contributed by atoms with Crippen molar-refractivity contribution >= 4 is 23.5 Å². The fourth-order valence-corrected chi connectivity index (χ4v) is 2.21. The molecule has 0 saturated carbocycles. The van der Waals surface area contributed by atoms with Crippen molar-refractivity contribution < 1.29 is 28.6 Å². The summed E-state index contributed by atoms with van der Waals surface area (Å²) in [7, 11) is 1.58. The molecule has 0 heterocycles. The number of carbonyl (C=O) groups excluding carboxylic acids is 3. The number of hydrogen-bond donors (Lipinski definition) is 2. The molecular weight excluding hydrogens is 364 g/mol. The zero-order valence-corrected chi connectivity index (χ0v) is 15.5. The fourth-order valence-electron chi connectivity index (χ4n) is 2.21. The summed E-state index contributed by atoms with van der Waals surface area (Å²) in [6, 6.07) is 13.2. The fraction of sp³-hybridized carbons (Fsp3) is 0.250. The standard InChI is InChI=1S/C20H22N2O6/c1-26-16-8-10-17(11-9-16)27-12-2-3-19(24)28-13-18(23)22-15-6-4-14(5-7-15)20(21)25/h4-11H,2-3,12-13H2,1H3,(H2,21,25)(H,22,23). The van der Waals surface area contributed by atoms with Gasteiger partial charge in [0, 0.05) is 17.7 Å². The number of anilines is 1. The summed E-state index contributed by atoms with van der Waals surface area (Å²) in [5.41, 5.74) is 5.95. The normalized spacial score (nSPS) is 10.0. The first-order chi connectivity index (χ1) is 13.5. The Kier molecular flexibility index (Phi) is 7.83. The lowest BCUT2D eigenvalue weighted by Gasteiger charge is -2.08. The van der Waals surface area contributed by atoms with Crippen LogP contribution in [-0.2, 0) is 14.3 Å². The van der Waals surface area contributed by atoms with Crippen LogP contribution in [0.25, 0.3) is 0 Å². The zero-order chi connectivity index (χ0) is 20.4. The molecule has 8 nitrogen and oxygen atoms in total. The van der Waals surface area contributed by atoms with Crippen LogP contribution in [-0.4, -0.2) is 38.1 Å². The van der Waals surface area contributed by atoms with Gasteiger partial charge in [0.15, 0.2) is 6.61 Å². The van der Waals surface area contributed by atoms with Crippen LogP contribution < -0.4 is 20.5 Å². The molecule has 0 aliphatic rings. The number of carbonyl (C=O) groups is 3. The topological polar surface area (TPSA) is 117 Å². The van der Waals surface area contributed by atoms with Gasteiger partial charge in [-0.3, -0.25) is 14.4 Å². The average Bonchev–Trinajstić information content (AvgIpc) is 2.70. The van der Waals surface area contributed by atoms with Crippen molar-refractivity contribution in [1.29, 1.82) is 0 Å². The van der Waals surface area contributed by atoms with Gasteiger partial charge in [0.05, 0.1) is 13.7 Å². The molecule has 0 aromatic heterocycles. The van der Waals surface area contributed by atoms with Gasteiger partial charge in [-0.2, -0.15) is 0 Å². The lowest BCUT2D eigenvalue weighted by atomic mass is 10.2. The second-order valence-corrected chi connectivity index (χ2v) is 5.78. The molecule has 0 unspecified atom stereocenters. The highest BCUT2D eigenvalue weighted by Crippen LogP contribution is 2.17. The molecule has 2 aromatic carbocycles. The Morgan fingerprint density at radius 3 is 2.21 bits per heavy atom. The Morgan fingerprint density at radius 2 is 1.61 bits per heavy atom. The van der Waals surface area contributed by atoms with Crippen molar-refractivity contribution in [3.8, 4) is 11.5 Å². The molecule has 0 aliphatic carbocycles. The number of esters is 1. The number of nitrogens with two attached hydrogens (primary N) is 1. The van der Waals surface area contributed by atoms with Crippen LogP contribution in [0.5, 0.6) is 11.5 Å². The largest absolute Gasteiger partial charge is 0.497 e. The molecule has 148 valence electrons. The summed E-state index contributed by atoms with van der Waals surface area (Å²) in [5.74, 6) is -0.107. The molecule has 8 heteroatoms. The van der Waals surface area contributed by atoms with Crippen molar-refractivity contribution in [2.45, 2.75) is 12.8 Å². The summed E-state index contributed by atoms with van der Waals surface area (Å²) >= 11 is 0. The first-order valence-electron chi connectivity index (χ1n) is 8.60. The number of hydrogen-bond acceptors (Lipinski definition) is 6. The molecule has 2 aromatic rings. The van der Waals surface area contributed by atoms with Gasteiger partial charge in [-0.05, 0) is 55.0 Å². The summed E-state index contributed by atoms with van der Waals surface area (Å²) in [5, 5.41) is 2.56. The van der Waals surface area contributed by atoms with Crippen LogP contribution in [0.15, 0.2) is 48.5 Å². The van der Waals surface area contributed by atoms with Gasteiger partial charge in [0.25, 0.3) is 5.91 Å². The monoisotopic (exact) mass is 386 g/mol. The molecule has 2 rings (SSSR count). The van der Waals surface area contributed by atoms with E-state index in [1.165, 1.54) is 24.3 Å². The van der Waals surface area contributed by atoms with Crippen molar-refractivity contribution in [1.82, 2.24) is 0 Å². The third kappa shape index (κ3) is 6.99. The van der Waals surface area contributed by atoms with Crippen LogP contribution in [0.2, 0.25) is 0 Å². The van der Waals surface area contributed by atoms with Gasteiger partial charge in [0.2, 0.25) is 5.91 Å². The van der Waals surface area contributed by atoms with Crippen molar-refractivity contribution in [3.63, 3.8) is 0 Å². The van der Waals surface area contributed by atoms with E-state index in [4.69, 9.17) is 19.9 Å². The number of rotatable bonds is 10. The first kappa shape index (κ1) is 20.8. The average molecular weight is 386 g/mol. The number of nitrogens with one attached hydrogen (secondary N) is 1. The predicted octanol–water partition coefficient (Wildman–Crippen LogP) is 2.13. The highest BCUT2D eigenvalue weighted by atomic mass is 16.5. The minimum Gasteiger partial charge on any atom is -0.497 e. The van der Waals surface area contributed by atoms with E-state index >= 15 is 0 Å². The van der Waals surface area contributed by atoms with Crippen molar-refractivity contribution in [2.75, 3.05) is 25.6 Å². The van der Waals surface area contributed by atoms with Crippen molar-refractivity contribution in [3.05, 3.63) is 54.1 Å². The third-order valence-electron chi connectivity index (χ3n) is 3.67. The van der Waals surface area contributed by atoms with E-state index in [1.54, 1.807) is 31.4 Å². The van der Waals surface area contributed by atoms with Crippen LogP contribution in [0.4, 0.5) is 5.69 Å². The Hall–Kier alpha value is -3.55. The summed E-state index contributed by atoms with van der Waals surface area (Å²) in [4.78, 5) is 34.5. The van der Waals surface area contributed by atoms with Gasteiger partial charge < -0.3 is 25.3 Å². The number of amides is 2. The minimum atomic E-state index is -0.553. The van der Waals surface area contributed by atoms with Gasteiger partial charge >= 0.3 is 5.97 Å². The second-order valence-electron chi connectivity index (χ2n) is 5.78. The SMILES string of the molecule is COc1ccc(OCCCC(=O)OCC(=O)Nc2ccc(C(N)=O)cc2)cc1. The smallest absolute Gasteiger partial charge is 0.306 e. The van der Waals surface area contributed by atoms with Crippen LogP contribution in [0.1, 0.15) is 23.2 Å². The summed E-state index contributed by atoms with van der Waals surface area (Å²) in [6.07, 6.45) is 0.595. The van der Waals surface area contributed by atoms with E-state index in [-0.39, 0.29) is 6.42 Å². The highest BCUT2D eigenvalue weighted by molar-refractivity contribution is 5.95. The first-order valence-corrected chi connectivity index (χ1v) is 8.60. The predicted molar refractivity (Wildman–Crippen MR) is 102 cm³/mol. The number of ether oxygens (including phenoxy) is 3. The highest BCUT2D eigenvalue weighted by Gasteiger charge is 2.09. The van der Waals surface area contributed by atoms with Crippen LogP contribution in [0, 0.1) is 0 Å². The Labute approximate surface area is 162 Å². The van der Waals surface area contributed by atoms with Crippen molar-refractivity contribution in [2.24, 2.45) is 5.73 Å². The number of primary amides is 1. The maximum absolute atomic E-state index is 11.8. The molecule has 0 radical (unpaired) electrons. The van der Waals surface area contributed by atoms with E-state index in [9.17, 15) is 14.4 Å². The lowest BCUT2D eigenvalue weighted by Crippen LogP contribution is -2.21. The van der Waals surface area contributed by atoms with Gasteiger partial charge in [0.1, 0.15) is 11.5 Å². The molecule has 2 amide bonds. The number of methoxy groups -OCH3 is 1. The van der Waals surface area contributed by atoms with Gasteiger partial charge in [-0.15, -0.1) is 0 Å². The second kappa shape index (κ2) is 10.6. The minimum absolute atomic E-state index is 0.136. The molecule has 0 saturated heterocycles. The Balaban J connectivity index is 1.61. The van der Waals surface area contributed by atoms with Crippen LogP contribution in [0.3, 0.4) is 0 Å². The van der Waals surface area contributed by atoms with E-state index in [2.05, 4.69) is 5.32 Å². The van der Waals surface area contributed by atoms with E-state index in [1.807, 2.05) is 0 Å². The number of benzene rings is 2. The molecule has 0 spiro atoms. The van der Waals surface area contributed by atoms with Crippen LogP contribution >= 0.6 is 0 Å². The van der Waals surface area contributed by atoms with E-state index in [0.29, 0.717) is 30.0 Å². The molecule has 3 N–H and O–H groups in total. The Morgan fingerprint density at radius 1 is 0.964 bits per heavy atom. The molecule has 0 atom stereocenters. The maximum atomic E-state index is 11.8. The molecule has 0 aliphatic heterocycles. The van der Waals surface area contributed by atoms with Gasteiger partial charge in [-0.25, -0.2) is 0 Å². The van der Waals surface area contributed by atoms with E-state index < -0.39 is 24.4 Å². The van der Waals surface area contributed by atoms with Gasteiger partial charge in [-0.1, -0.05) is 0 Å². The third-order valence-corrected chi connectivity index (χ3v) is 3.67. The lowest BCUT2D eigenvalue weighted by molar-refractivity contribution is -0.147. The maximum Gasteiger partial charge on any atom is 0.306 e. The molecule has 28 heavy (non-hydrogen) atoms. The van der Waals surface area contributed by atoms with E-state index in [0.717, 1.165) is 5.75 Å². The summed E-state index contributed by atoms with van der Waals surface area (Å²) < 4.78 is 15.5. The molecule has 0 bridgehead atoms. The quantitative estimate of drug-likeness (QED) is 0.477.